The molecular formula is C24H29F4N3O6S. The zero-order valence-electron chi connectivity index (χ0n) is 21.0. The number of hydrogen-bond donors (Lipinski definition) is 2. The molecule has 0 saturated heterocycles. The van der Waals surface area contributed by atoms with Crippen molar-refractivity contribution in [2.24, 2.45) is 0 Å². The van der Waals surface area contributed by atoms with E-state index in [9.17, 15) is 30.8 Å². The lowest BCUT2D eigenvalue weighted by Crippen LogP contribution is -2.44. The quantitative estimate of drug-likeness (QED) is 0.398. The number of nitrogens with zero attached hydrogens (tertiary/aromatic N) is 1. The third-order valence-electron chi connectivity index (χ3n) is 4.93. The van der Waals surface area contributed by atoms with Crippen LogP contribution < -0.4 is 19.7 Å². The van der Waals surface area contributed by atoms with Gasteiger partial charge in [-0.1, -0.05) is 19.3 Å². The molecule has 1 saturated carbocycles. The molecule has 1 heterocycles. The fourth-order valence-corrected chi connectivity index (χ4v) is 4.14. The number of alkyl halides is 3. The number of carbonyl (C=O) groups is 2. The van der Waals surface area contributed by atoms with Gasteiger partial charge in [0.05, 0.1) is 17.1 Å². The number of nitrogens with one attached hydrogen (secondary N) is 2. The van der Waals surface area contributed by atoms with Crippen molar-refractivity contribution in [1.82, 2.24) is 5.32 Å². The van der Waals surface area contributed by atoms with Crippen LogP contribution in [0.1, 0.15) is 33.1 Å². The second-order valence-electron chi connectivity index (χ2n) is 8.55. The van der Waals surface area contributed by atoms with Crippen LogP contribution in [-0.2, 0) is 19.6 Å². The lowest BCUT2D eigenvalue weighted by molar-refractivity contribution is -0.242. The van der Waals surface area contributed by atoms with Gasteiger partial charge in [-0.25, -0.2) is 17.6 Å². The molecule has 2 amide bonds. The van der Waals surface area contributed by atoms with Crippen LogP contribution >= 0.6 is 0 Å². The SMILES string of the molecule is C1CC1.CC(C)(OC(=O)Nc1ccc2c(c1)N(S(=O)(=O)c1ccc(F)cc1)CCO2)C(F)(F)F.CNC=O. The Morgan fingerprint density at radius 1 is 1.08 bits per heavy atom. The molecule has 0 unspecified atom stereocenters. The molecular weight excluding hydrogens is 534 g/mol. The van der Waals surface area contributed by atoms with Gasteiger partial charge in [0.15, 0.2) is 0 Å². The van der Waals surface area contributed by atoms with Gasteiger partial charge in [0.25, 0.3) is 10.0 Å². The Kier molecular flexibility index (Phi) is 10.3. The molecule has 0 atom stereocenters. The van der Waals surface area contributed by atoms with E-state index in [1.807, 2.05) is 0 Å². The average Bonchev–Trinajstić information content (AvgIpc) is 3.72. The summed E-state index contributed by atoms with van der Waals surface area (Å²) in [7, 11) is -2.53. The maximum absolute atomic E-state index is 13.2. The Hall–Kier alpha value is -3.55. The standard InChI is InChI=1S/C19H18F4N2O5S.C3H6.C2H5NO/c1-18(2,19(21,22)23)30-17(26)24-13-5-8-16-15(11-13)25(9-10-29-16)31(27,28)14-6-3-12(20)4-7-14;1-2-3-1;1-3-2-4/h3-8,11H,9-10H2,1-2H3,(H,24,26);1-3H2;2H,1H3,(H,3,4). The van der Waals surface area contributed by atoms with Crippen molar-refractivity contribution < 1.29 is 45.0 Å². The number of fused-ring (bicyclic) bond motifs is 1. The van der Waals surface area contributed by atoms with Crippen molar-refractivity contribution in [3.63, 3.8) is 0 Å². The highest BCUT2D eigenvalue weighted by Crippen LogP contribution is 2.38. The number of carbonyl (C=O) groups excluding carboxylic acids is 2. The summed E-state index contributed by atoms with van der Waals surface area (Å²) >= 11 is 0. The number of amides is 2. The summed E-state index contributed by atoms with van der Waals surface area (Å²) < 4.78 is 88.8. The molecule has 0 radical (unpaired) electrons. The first-order valence-electron chi connectivity index (χ1n) is 11.5. The van der Waals surface area contributed by atoms with Gasteiger partial charge in [0, 0.05) is 12.7 Å². The first-order chi connectivity index (χ1) is 17.7. The van der Waals surface area contributed by atoms with E-state index in [0.717, 1.165) is 28.6 Å². The minimum atomic E-state index is -4.78. The lowest BCUT2D eigenvalue weighted by atomic mass is 10.1. The van der Waals surface area contributed by atoms with Crippen LogP contribution in [0.15, 0.2) is 47.4 Å². The third kappa shape index (κ3) is 8.50. The molecule has 14 heteroatoms. The van der Waals surface area contributed by atoms with Crippen molar-refractivity contribution in [3.8, 4) is 5.75 Å². The average molecular weight is 564 g/mol. The molecule has 2 aromatic carbocycles. The van der Waals surface area contributed by atoms with Gasteiger partial charge in [-0.15, -0.1) is 0 Å². The van der Waals surface area contributed by atoms with E-state index >= 15 is 0 Å². The molecule has 1 aliphatic carbocycles. The van der Waals surface area contributed by atoms with Crippen LogP contribution in [0.3, 0.4) is 0 Å². The Balaban J connectivity index is 0.000000635. The minimum absolute atomic E-state index is 0.00784. The summed E-state index contributed by atoms with van der Waals surface area (Å²) in [5, 5.41) is 4.40. The normalized spacial score (nSPS) is 14.2. The summed E-state index contributed by atoms with van der Waals surface area (Å²) in [5.74, 6) is -0.417. The van der Waals surface area contributed by atoms with E-state index in [2.05, 4.69) is 15.4 Å². The predicted molar refractivity (Wildman–Crippen MR) is 132 cm³/mol. The number of hydrogen-bond acceptors (Lipinski definition) is 6. The van der Waals surface area contributed by atoms with E-state index in [-0.39, 0.29) is 35.2 Å². The number of sulfonamides is 1. The zero-order valence-corrected chi connectivity index (χ0v) is 21.8. The first-order valence-corrected chi connectivity index (χ1v) is 12.9. The monoisotopic (exact) mass is 563 g/mol. The van der Waals surface area contributed by atoms with E-state index in [1.165, 1.54) is 37.5 Å². The Morgan fingerprint density at radius 2 is 1.66 bits per heavy atom. The second-order valence-corrected chi connectivity index (χ2v) is 10.4. The van der Waals surface area contributed by atoms with Crippen LogP contribution in [0.2, 0.25) is 0 Å². The number of anilines is 2. The Morgan fingerprint density at radius 3 is 2.16 bits per heavy atom. The molecule has 2 N–H and O–H groups in total. The van der Waals surface area contributed by atoms with Crippen LogP contribution in [0.4, 0.5) is 33.7 Å². The number of rotatable bonds is 5. The second kappa shape index (κ2) is 12.8. The molecule has 210 valence electrons. The van der Waals surface area contributed by atoms with Gasteiger partial charge in [-0.2, -0.15) is 13.2 Å². The molecule has 0 bridgehead atoms. The van der Waals surface area contributed by atoms with Crippen LogP contribution in [0, 0.1) is 5.82 Å². The molecule has 1 fully saturated rings. The van der Waals surface area contributed by atoms with Crippen LogP contribution in [-0.4, -0.2) is 52.9 Å². The fraction of sp³-hybridized carbons (Fsp3) is 0.417. The summed E-state index contributed by atoms with van der Waals surface area (Å²) in [4.78, 5) is 20.8. The summed E-state index contributed by atoms with van der Waals surface area (Å²) in [6.45, 7) is 1.37. The highest BCUT2D eigenvalue weighted by molar-refractivity contribution is 7.92. The molecule has 1 aliphatic heterocycles. The summed E-state index contributed by atoms with van der Waals surface area (Å²) in [6.07, 6.45) is -1.03. The van der Waals surface area contributed by atoms with Crippen molar-refractivity contribution in [1.29, 1.82) is 0 Å². The molecule has 2 aliphatic rings. The van der Waals surface area contributed by atoms with Crippen LogP contribution in [0.25, 0.3) is 0 Å². The maximum atomic E-state index is 13.2. The number of ether oxygens (including phenoxy) is 2. The van der Waals surface area contributed by atoms with Gasteiger partial charge < -0.3 is 14.8 Å². The van der Waals surface area contributed by atoms with E-state index < -0.39 is 33.7 Å². The van der Waals surface area contributed by atoms with E-state index in [0.29, 0.717) is 20.3 Å². The van der Waals surface area contributed by atoms with Crippen LogP contribution in [0.5, 0.6) is 5.75 Å². The van der Waals surface area contributed by atoms with Crippen molar-refractivity contribution in [3.05, 3.63) is 48.3 Å². The van der Waals surface area contributed by atoms with Gasteiger partial charge in [0.1, 0.15) is 18.2 Å². The highest BCUT2D eigenvalue weighted by atomic mass is 32.2. The molecule has 9 nitrogen and oxygen atoms in total. The van der Waals surface area contributed by atoms with Gasteiger partial charge in [-0.05, 0) is 56.3 Å². The summed E-state index contributed by atoms with van der Waals surface area (Å²) in [6, 6.07) is 8.16. The molecule has 2 aromatic rings. The van der Waals surface area contributed by atoms with Gasteiger partial charge in [-0.3, -0.25) is 14.4 Å². The lowest BCUT2D eigenvalue weighted by Gasteiger charge is -2.31. The third-order valence-corrected chi connectivity index (χ3v) is 6.76. The number of halogens is 4. The molecule has 38 heavy (non-hydrogen) atoms. The molecule has 4 rings (SSSR count). The topological polar surface area (TPSA) is 114 Å². The van der Waals surface area contributed by atoms with E-state index in [4.69, 9.17) is 9.53 Å². The minimum Gasteiger partial charge on any atom is -0.489 e. The predicted octanol–water partition coefficient (Wildman–Crippen LogP) is 4.84. The maximum Gasteiger partial charge on any atom is 0.427 e. The fourth-order valence-electron chi connectivity index (χ4n) is 2.69. The Bertz CT molecular complexity index is 1200. The number of benzene rings is 2. The van der Waals surface area contributed by atoms with Gasteiger partial charge >= 0.3 is 12.3 Å². The highest BCUT2D eigenvalue weighted by Gasteiger charge is 2.51. The first kappa shape index (κ1) is 30.7. The molecule has 0 aromatic heterocycles. The van der Waals surface area contributed by atoms with Crippen molar-refractivity contribution >= 4 is 33.9 Å². The summed E-state index contributed by atoms with van der Waals surface area (Å²) in [5.41, 5.74) is -2.68. The Labute approximate surface area is 218 Å². The molecule has 0 spiro atoms. The van der Waals surface area contributed by atoms with Crippen molar-refractivity contribution in [2.75, 3.05) is 29.8 Å². The van der Waals surface area contributed by atoms with Crippen molar-refractivity contribution in [2.45, 2.75) is 49.8 Å². The zero-order chi connectivity index (χ0) is 28.6. The smallest absolute Gasteiger partial charge is 0.427 e. The van der Waals surface area contributed by atoms with E-state index in [1.54, 1.807) is 7.05 Å². The van der Waals surface area contributed by atoms with Gasteiger partial charge in [0.2, 0.25) is 12.0 Å². The largest absolute Gasteiger partial charge is 0.489 e.